The predicted molar refractivity (Wildman–Crippen MR) is 93.3 cm³/mol. The Balaban J connectivity index is 2.06. The van der Waals surface area contributed by atoms with Gasteiger partial charge in [-0.2, -0.15) is 13.2 Å². The number of benzene rings is 1. The molecule has 0 bridgehead atoms. The number of esters is 1. The third kappa shape index (κ3) is 6.60. The quantitative estimate of drug-likeness (QED) is 0.446. The van der Waals surface area contributed by atoms with Crippen LogP contribution < -0.4 is 9.47 Å². The van der Waals surface area contributed by atoms with Gasteiger partial charge in [-0.3, -0.25) is 0 Å². The monoisotopic (exact) mass is 417 g/mol. The molecule has 0 amide bonds. The van der Waals surface area contributed by atoms with Crippen LogP contribution in [0.4, 0.5) is 17.6 Å². The van der Waals surface area contributed by atoms with E-state index in [9.17, 15) is 22.4 Å². The zero-order chi connectivity index (χ0) is 21.4. The van der Waals surface area contributed by atoms with Gasteiger partial charge in [-0.05, 0) is 44.2 Å². The van der Waals surface area contributed by atoms with Gasteiger partial charge in [0.05, 0.1) is 18.8 Å². The summed E-state index contributed by atoms with van der Waals surface area (Å²) in [7, 11) is 0. The average Bonchev–Trinajstić information content (AvgIpc) is 2.67. The van der Waals surface area contributed by atoms with Crippen molar-refractivity contribution in [1.82, 2.24) is 4.98 Å². The number of rotatable bonds is 9. The first-order chi connectivity index (χ1) is 13.7. The normalized spacial score (nSPS) is 12.3. The first kappa shape index (κ1) is 22.4. The van der Waals surface area contributed by atoms with Crippen LogP contribution in [-0.2, 0) is 20.4 Å². The van der Waals surface area contributed by atoms with E-state index in [0.717, 1.165) is 0 Å². The van der Waals surface area contributed by atoms with Gasteiger partial charge in [0.25, 0.3) is 5.88 Å². The maximum Gasteiger partial charge on any atom is 0.417 e. The summed E-state index contributed by atoms with van der Waals surface area (Å²) in [5.41, 5.74) is -1.22. The lowest BCUT2D eigenvalue weighted by atomic mass is 10.2. The molecule has 0 N–H and O–H groups in total. The van der Waals surface area contributed by atoms with Crippen molar-refractivity contribution in [3.05, 3.63) is 47.9 Å². The van der Waals surface area contributed by atoms with Crippen LogP contribution in [0.1, 0.15) is 19.4 Å². The number of carbonyl (C=O) groups excluding carboxylic acids is 1. The lowest BCUT2D eigenvalue weighted by molar-refractivity contribution is -0.154. The van der Waals surface area contributed by atoms with Gasteiger partial charge in [-0.15, -0.1) is 0 Å². The van der Waals surface area contributed by atoms with Gasteiger partial charge in [0.2, 0.25) is 6.10 Å². The Labute approximate surface area is 164 Å². The number of nitrogens with zero attached hydrogens (tertiary/aromatic N) is 1. The SMILES string of the molecule is CCOCC(Oc1ccc(Oc2ncc(C(F)(F)F)cc2F)cc1)C(=O)OCC. The van der Waals surface area contributed by atoms with Crippen LogP contribution in [0.2, 0.25) is 0 Å². The summed E-state index contributed by atoms with van der Waals surface area (Å²) in [6.07, 6.45) is -5.20. The third-order valence-electron chi connectivity index (χ3n) is 3.47. The lowest BCUT2D eigenvalue weighted by Gasteiger charge is -2.17. The van der Waals surface area contributed by atoms with E-state index in [0.29, 0.717) is 18.9 Å². The van der Waals surface area contributed by atoms with E-state index in [-0.39, 0.29) is 24.7 Å². The van der Waals surface area contributed by atoms with Gasteiger partial charge in [-0.25, -0.2) is 14.2 Å². The second-order valence-corrected chi connectivity index (χ2v) is 5.60. The van der Waals surface area contributed by atoms with Crippen LogP contribution in [0.25, 0.3) is 0 Å². The van der Waals surface area contributed by atoms with Crippen LogP contribution in [0, 0.1) is 5.82 Å². The Hall–Kier alpha value is -2.88. The Kier molecular flexibility index (Phi) is 7.77. The fourth-order valence-electron chi connectivity index (χ4n) is 2.13. The fraction of sp³-hybridized carbons (Fsp3) is 0.368. The molecule has 0 spiro atoms. The van der Waals surface area contributed by atoms with Gasteiger partial charge in [0, 0.05) is 12.8 Å². The highest BCUT2D eigenvalue weighted by molar-refractivity contribution is 5.75. The number of halogens is 4. The summed E-state index contributed by atoms with van der Waals surface area (Å²) in [5, 5.41) is 0. The lowest BCUT2D eigenvalue weighted by Crippen LogP contribution is -2.34. The summed E-state index contributed by atoms with van der Waals surface area (Å²) >= 11 is 0. The molecule has 1 atom stereocenters. The maximum atomic E-state index is 13.8. The van der Waals surface area contributed by atoms with Gasteiger partial charge in [0.15, 0.2) is 5.82 Å². The van der Waals surface area contributed by atoms with Crippen molar-refractivity contribution in [2.24, 2.45) is 0 Å². The topological polar surface area (TPSA) is 66.9 Å². The minimum atomic E-state index is -4.71. The van der Waals surface area contributed by atoms with Crippen molar-refractivity contribution in [2.45, 2.75) is 26.1 Å². The van der Waals surface area contributed by atoms with Gasteiger partial charge in [0.1, 0.15) is 11.5 Å². The van der Waals surface area contributed by atoms with Gasteiger partial charge < -0.3 is 18.9 Å². The number of carbonyl (C=O) groups is 1. The summed E-state index contributed by atoms with van der Waals surface area (Å²) in [6.45, 7) is 3.99. The Morgan fingerprint density at radius 1 is 1.10 bits per heavy atom. The van der Waals surface area contributed by atoms with E-state index < -0.39 is 35.5 Å². The maximum absolute atomic E-state index is 13.8. The molecule has 0 saturated heterocycles. The standard InChI is InChI=1S/C19H19F4NO5/c1-3-26-11-16(18(25)27-4-2)28-13-5-7-14(8-6-13)29-17-15(20)9-12(10-24-17)19(21,22)23/h5-10,16H,3-4,11H2,1-2H3. The van der Waals surface area contributed by atoms with Gasteiger partial charge in [-0.1, -0.05) is 0 Å². The minimum absolute atomic E-state index is 0.00568. The molecule has 29 heavy (non-hydrogen) atoms. The molecular formula is C19H19F4NO5. The van der Waals surface area contributed by atoms with Crippen molar-refractivity contribution in [1.29, 1.82) is 0 Å². The second kappa shape index (κ2) is 10.1. The van der Waals surface area contributed by atoms with Crippen LogP contribution in [-0.4, -0.2) is 36.9 Å². The van der Waals surface area contributed by atoms with Crippen LogP contribution in [0.15, 0.2) is 36.5 Å². The molecule has 0 fully saturated rings. The molecule has 6 nitrogen and oxygen atoms in total. The Bertz CT molecular complexity index is 811. The first-order valence-corrected chi connectivity index (χ1v) is 8.66. The number of hydrogen-bond donors (Lipinski definition) is 0. The van der Waals surface area contributed by atoms with E-state index in [1.807, 2.05) is 0 Å². The number of hydrogen-bond acceptors (Lipinski definition) is 6. The highest BCUT2D eigenvalue weighted by Crippen LogP contribution is 2.32. The average molecular weight is 417 g/mol. The molecule has 2 rings (SSSR count). The Morgan fingerprint density at radius 3 is 2.31 bits per heavy atom. The zero-order valence-corrected chi connectivity index (χ0v) is 15.7. The second-order valence-electron chi connectivity index (χ2n) is 5.60. The fourth-order valence-corrected chi connectivity index (χ4v) is 2.13. The molecule has 10 heteroatoms. The van der Waals surface area contributed by atoms with Crippen molar-refractivity contribution in [3.63, 3.8) is 0 Å². The minimum Gasteiger partial charge on any atom is -0.476 e. The van der Waals surface area contributed by atoms with E-state index in [1.54, 1.807) is 13.8 Å². The number of alkyl halides is 3. The predicted octanol–water partition coefficient (Wildman–Crippen LogP) is 4.38. The highest BCUT2D eigenvalue weighted by Gasteiger charge is 2.32. The van der Waals surface area contributed by atoms with E-state index in [1.165, 1.54) is 24.3 Å². The summed E-state index contributed by atoms with van der Waals surface area (Å²) < 4.78 is 72.3. The molecule has 0 radical (unpaired) electrons. The summed E-state index contributed by atoms with van der Waals surface area (Å²) in [5.74, 6) is -2.04. The molecule has 0 aliphatic rings. The first-order valence-electron chi connectivity index (χ1n) is 8.66. The molecule has 0 aliphatic heterocycles. The summed E-state index contributed by atoms with van der Waals surface area (Å²) in [6, 6.07) is 5.95. The smallest absolute Gasteiger partial charge is 0.417 e. The molecule has 1 unspecified atom stereocenters. The number of ether oxygens (including phenoxy) is 4. The van der Waals surface area contributed by atoms with E-state index >= 15 is 0 Å². The molecular weight excluding hydrogens is 398 g/mol. The van der Waals surface area contributed by atoms with Crippen molar-refractivity contribution < 1.29 is 41.3 Å². The number of aromatic nitrogens is 1. The molecule has 1 aromatic carbocycles. The Morgan fingerprint density at radius 2 is 1.76 bits per heavy atom. The van der Waals surface area contributed by atoms with Crippen molar-refractivity contribution in [2.75, 3.05) is 19.8 Å². The van der Waals surface area contributed by atoms with Crippen molar-refractivity contribution in [3.8, 4) is 17.4 Å². The van der Waals surface area contributed by atoms with E-state index in [2.05, 4.69) is 4.98 Å². The van der Waals surface area contributed by atoms with Crippen LogP contribution >= 0.6 is 0 Å². The third-order valence-corrected chi connectivity index (χ3v) is 3.47. The molecule has 1 heterocycles. The number of pyridine rings is 1. The molecule has 0 saturated carbocycles. The molecule has 2 aromatic rings. The zero-order valence-electron chi connectivity index (χ0n) is 15.7. The van der Waals surface area contributed by atoms with E-state index in [4.69, 9.17) is 18.9 Å². The van der Waals surface area contributed by atoms with Crippen LogP contribution in [0.3, 0.4) is 0 Å². The van der Waals surface area contributed by atoms with Crippen LogP contribution in [0.5, 0.6) is 17.4 Å². The van der Waals surface area contributed by atoms with Gasteiger partial charge >= 0.3 is 12.1 Å². The largest absolute Gasteiger partial charge is 0.476 e. The highest BCUT2D eigenvalue weighted by atomic mass is 19.4. The molecule has 0 aliphatic carbocycles. The molecule has 1 aromatic heterocycles. The molecule has 158 valence electrons. The summed E-state index contributed by atoms with van der Waals surface area (Å²) in [4.78, 5) is 15.3. The van der Waals surface area contributed by atoms with Crippen molar-refractivity contribution >= 4 is 5.97 Å².